The van der Waals surface area contributed by atoms with E-state index in [0.29, 0.717) is 5.56 Å². The SMILES string of the molecule is Cc1cc(/C(O)=C2/C(=O)C(=O)N(C3CCCC3)C2c2cccs2)ccc1Br. The van der Waals surface area contributed by atoms with Crippen molar-refractivity contribution in [2.24, 2.45) is 0 Å². The highest BCUT2D eigenvalue weighted by molar-refractivity contribution is 9.10. The summed E-state index contributed by atoms with van der Waals surface area (Å²) >= 11 is 4.97. The molecule has 1 amide bonds. The number of aryl methyl sites for hydroxylation is 1. The minimum absolute atomic E-state index is 0.0607. The Labute approximate surface area is 170 Å². The maximum absolute atomic E-state index is 12.9. The quantitative estimate of drug-likeness (QED) is 0.402. The normalized spacial score (nSPS) is 22.7. The van der Waals surface area contributed by atoms with E-state index in [-0.39, 0.29) is 17.4 Å². The van der Waals surface area contributed by atoms with Gasteiger partial charge in [-0.2, -0.15) is 0 Å². The largest absolute Gasteiger partial charge is 0.507 e. The number of rotatable bonds is 3. The van der Waals surface area contributed by atoms with Crippen molar-refractivity contribution in [2.75, 3.05) is 0 Å². The zero-order chi connectivity index (χ0) is 19.1. The van der Waals surface area contributed by atoms with Crippen LogP contribution >= 0.6 is 27.3 Å². The number of aliphatic hydroxyl groups is 1. The van der Waals surface area contributed by atoms with Gasteiger partial charge in [0.2, 0.25) is 0 Å². The third-order valence-electron chi connectivity index (χ3n) is 5.44. The first-order valence-corrected chi connectivity index (χ1v) is 10.8. The smallest absolute Gasteiger partial charge is 0.295 e. The van der Waals surface area contributed by atoms with Crippen LogP contribution < -0.4 is 0 Å². The summed E-state index contributed by atoms with van der Waals surface area (Å²) in [5.74, 6) is -1.17. The molecule has 1 unspecified atom stereocenters. The van der Waals surface area contributed by atoms with Crippen LogP contribution in [-0.2, 0) is 9.59 Å². The summed E-state index contributed by atoms with van der Waals surface area (Å²) in [6.45, 7) is 1.93. The van der Waals surface area contributed by atoms with Crippen molar-refractivity contribution < 1.29 is 14.7 Å². The van der Waals surface area contributed by atoms with Gasteiger partial charge in [0, 0.05) is 21.0 Å². The lowest BCUT2D eigenvalue weighted by molar-refractivity contribution is -0.141. The number of hydrogen-bond acceptors (Lipinski definition) is 4. The van der Waals surface area contributed by atoms with E-state index in [2.05, 4.69) is 15.9 Å². The Morgan fingerprint density at radius 1 is 1.22 bits per heavy atom. The Balaban J connectivity index is 1.87. The summed E-state index contributed by atoms with van der Waals surface area (Å²) in [5, 5.41) is 13.0. The number of aliphatic hydroxyl groups excluding tert-OH is 1. The van der Waals surface area contributed by atoms with Gasteiger partial charge in [0.15, 0.2) is 0 Å². The van der Waals surface area contributed by atoms with Gasteiger partial charge >= 0.3 is 0 Å². The number of likely N-dealkylation sites (tertiary alicyclic amines) is 1. The van der Waals surface area contributed by atoms with Crippen molar-refractivity contribution in [1.82, 2.24) is 4.90 Å². The number of thiophene rings is 1. The molecule has 0 spiro atoms. The predicted molar refractivity (Wildman–Crippen MR) is 110 cm³/mol. The molecule has 27 heavy (non-hydrogen) atoms. The average Bonchev–Trinajstić information content (AvgIpc) is 3.39. The zero-order valence-electron chi connectivity index (χ0n) is 14.9. The van der Waals surface area contributed by atoms with Gasteiger partial charge in [-0.25, -0.2) is 0 Å². The van der Waals surface area contributed by atoms with Crippen LogP contribution in [0.2, 0.25) is 0 Å². The summed E-state index contributed by atoms with van der Waals surface area (Å²) in [6, 6.07) is 8.84. The molecule has 1 saturated heterocycles. The van der Waals surface area contributed by atoms with Crippen molar-refractivity contribution in [2.45, 2.75) is 44.7 Å². The van der Waals surface area contributed by atoms with E-state index in [1.807, 2.05) is 36.6 Å². The molecule has 2 aliphatic rings. The molecular weight excluding hydrogens is 426 g/mol. The minimum atomic E-state index is -0.585. The van der Waals surface area contributed by atoms with Crippen LogP contribution in [0.3, 0.4) is 0 Å². The maximum Gasteiger partial charge on any atom is 0.295 e. The van der Waals surface area contributed by atoms with Crippen LogP contribution in [0.4, 0.5) is 0 Å². The van der Waals surface area contributed by atoms with E-state index in [4.69, 9.17) is 0 Å². The fraction of sp³-hybridized carbons (Fsp3) is 0.333. The van der Waals surface area contributed by atoms with Crippen molar-refractivity contribution in [1.29, 1.82) is 0 Å². The number of carbonyl (C=O) groups is 2. The lowest BCUT2D eigenvalue weighted by atomic mass is 9.98. The van der Waals surface area contributed by atoms with Crippen molar-refractivity contribution >= 4 is 44.7 Å². The van der Waals surface area contributed by atoms with Gasteiger partial charge in [0.05, 0.1) is 11.6 Å². The second kappa shape index (κ2) is 7.24. The summed E-state index contributed by atoms with van der Waals surface area (Å²) < 4.78 is 0.931. The zero-order valence-corrected chi connectivity index (χ0v) is 17.3. The molecule has 1 aromatic carbocycles. The molecule has 2 heterocycles. The predicted octanol–water partition coefficient (Wildman–Crippen LogP) is 5.18. The molecule has 4 nitrogen and oxygen atoms in total. The van der Waals surface area contributed by atoms with Crippen LogP contribution in [0.5, 0.6) is 0 Å². The number of halogens is 1. The highest BCUT2D eigenvalue weighted by Gasteiger charge is 2.49. The number of benzene rings is 1. The van der Waals surface area contributed by atoms with E-state index in [9.17, 15) is 14.7 Å². The van der Waals surface area contributed by atoms with Gasteiger partial charge < -0.3 is 10.0 Å². The molecule has 1 aliphatic heterocycles. The number of amides is 1. The van der Waals surface area contributed by atoms with Gasteiger partial charge in [-0.3, -0.25) is 9.59 Å². The average molecular weight is 446 g/mol. The molecule has 1 N–H and O–H groups in total. The van der Waals surface area contributed by atoms with Crippen LogP contribution in [0.15, 0.2) is 45.8 Å². The molecule has 1 aromatic heterocycles. The molecule has 0 radical (unpaired) electrons. The standard InChI is InChI=1S/C21H20BrNO3S/c1-12-11-13(8-9-15(12)22)19(24)17-18(16-7-4-10-27-16)23(21(26)20(17)25)14-5-2-3-6-14/h4,7-11,14,18,24H,2-3,5-6H2,1H3/b19-17-. The minimum Gasteiger partial charge on any atom is -0.507 e. The maximum atomic E-state index is 12.9. The number of ketones is 1. The third-order valence-corrected chi connectivity index (χ3v) is 7.26. The van der Waals surface area contributed by atoms with E-state index < -0.39 is 17.7 Å². The second-order valence-electron chi connectivity index (χ2n) is 7.12. The molecule has 1 aliphatic carbocycles. The Hall–Kier alpha value is -1.92. The van der Waals surface area contributed by atoms with E-state index >= 15 is 0 Å². The van der Waals surface area contributed by atoms with E-state index in [1.165, 1.54) is 11.3 Å². The number of carbonyl (C=O) groups excluding carboxylic acids is 2. The molecule has 6 heteroatoms. The highest BCUT2D eigenvalue weighted by Crippen LogP contribution is 2.44. The molecule has 1 atom stereocenters. The van der Waals surface area contributed by atoms with Crippen molar-refractivity contribution in [3.63, 3.8) is 0 Å². The molecule has 2 fully saturated rings. The summed E-state index contributed by atoms with van der Waals surface area (Å²) in [7, 11) is 0. The first-order chi connectivity index (χ1) is 13.0. The summed E-state index contributed by atoms with van der Waals surface area (Å²) in [5.41, 5.74) is 1.72. The Morgan fingerprint density at radius 2 is 1.96 bits per heavy atom. The van der Waals surface area contributed by atoms with Gasteiger partial charge in [0.25, 0.3) is 11.7 Å². The van der Waals surface area contributed by atoms with Crippen molar-refractivity contribution in [3.8, 4) is 0 Å². The Morgan fingerprint density at radius 3 is 2.59 bits per heavy atom. The summed E-state index contributed by atoms with van der Waals surface area (Å²) in [4.78, 5) is 28.5. The van der Waals surface area contributed by atoms with Gasteiger partial charge in [-0.1, -0.05) is 40.9 Å². The number of hydrogen-bond donors (Lipinski definition) is 1. The van der Waals surface area contributed by atoms with Crippen LogP contribution in [0.1, 0.15) is 47.7 Å². The first-order valence-electron chi connectivity index (χ1n) is 9.09. The Bertz CT molecular complexity index is 929. The molecule has 4 rings (SSSR count). The first kappa shape index (κ1) is 18.4. The monoisotopic (exact) mass is 445 g/mol. The van der Waals surface area contributed by atoms with Crippen LogP contribution in [-0.4, -0.2) is 27.7 Å². The molecule has 140 valence electrons. The number of Topliss-reactive ketones (excluding diaryl/α,β-unsaturated/α-hetero) is 1. The molecular formula is C21H20BrNO3S. The molecule has 1 saturated carbocycles. The molecule has 0 bridgehead atoms. The number of nitrogens with zero attached hydrogens (tertiary/aromatic N) is 1. The van der Waals surface area contributed by atoms with Crippen LogP contribution in [0, 0.1) is 6.92 Å². The van der Waals surface area contributed by atoms with E-state index in [1.54, 1.807) is 11.0 Å². The molecule has 2 aromatic rings. The van der Waals surface area contributed by atoms with Crippen LogP contribution in [0.25, 0.3) is 5.76 Å². The van der Waals surface area contributed by atoms with Gasteiger partial charge in [-0.05, 0) is 48.9 Å². The Kier molecular flexibility index (Phi) is 4.95. The third kappa shape index (κ3) is 3.15. The van der Waals surface area contributed by atoms with Gasteiger partial charge in [0.1, 0.15) is 5.76 Å². The fourth-order valence-corrected chi connectivity index (χ4v) is 5.16. The highest BCUT2D eigenvalue weighted by atomic mass is 79.9. The second-order valence-corrected chi connectivity index (χ2v) is 8.96. The van der Waals surface area contributed by atoms with Crippen molar-refractivity contribution in [3.05, 3.63) is 61.8 Å². The topological polar surface area (TPSA) is 57.6 Å². The lowest BCUT2D eigenvalue weighted by Crippen LogP contribution is -2.37. The summed E-state index contributed by atoms with van der Waals surface area (Å²) in [6.07, 6.45) is 3.95. The fourth-order valence-electron chi connectivity index (χ4n) is 4.08. The van der Waals surface area contributed by atoms with Gasteiger partial charge in [-0.15, -0.1) is 11.3 Å². The lowest BCUT2D eigenvalue weighted by Gasteiger charge is -2.29. The van der Waals surface area contributed by atoms with E-state index in [0.717, 1.165) is 40.6 Å².